The molecule has 1 fully saturated rings. The van der Waals surface area contributed by atoms with Gasteiger partial charge in [-0.05, 0) is 37.8 Å². The zero-order chi connectivity index (χ0) is 15.1. The number of amides is 2. The number of rotatable bonds is 4. The molecule has 2 rings (SSSR count). The van der Waals surface area contributed by atoms with E-state index in [1.807, 2.05) is 6.92 Å². The molecule has 6 nitrogen and oxygen atoms in total. The first-order chi connectivity index (χ1) is 10.2. The fourth-order valence-electron chi connectivity index (χ4n) is 2.55. The molecular weight excluding hydrogens is 266 g/mol. The second-order valence-corrected chi connectivity index (χ2v) is 5.16. The van der Waals surface area contributed by atoms with Crippen LogP contribution in [0.3, 0.4) is 0 Å². The van der Waals surface area contributed by atoms with Crippen molar-refractivity contribution >= 4 is 11.8 Å². The lowest BCUT2D eigenvalue weighted by molar-refractivity contribution is 0.238. The van der Waals surface area contributed by atoms with Crippen LogP contribution in [0, 0.1) is 17.2 Å². The fourth-order valence-corrected chi connectivity index (χ4v) is 2.55. The van der Waals surface area contributed by atoms with E-state index in [1.165, 1.54) is 0 Å². The number of carbonyl (C=O) groups excluding carboxylic acids is 1. The summed E-state index contributed by atoms with van der Waals surface area (Å²) in [6.07, 6.45) is 3.71. The highest BCUT2D eigenvalue weighted by Crippen LogP contribution is 2.23. The number of nitrogens with zero attached hydrogens (tertiary/aromatic N) is 3. The van der Waals surface area contributed by atoms with Crippen LogP contribution < -0.4 is 15.5 Å². The van der Waals surface area contributed by atoms with Gasteiger partial charge >= 0.3 is 6.03 Å². The first-order valence-corrected chi connectivity index (χ1v) is 7.36. The Balaban J connectivity index is 1.83. The summed E-state index contributed by atoms with van der Waals surface area (Å²) in [7, 11) is 0. The van der Waals surface area contributed by atoms with Crippen molar-refractivity contribution in [1.29, 1.82) is 5.26 Å². The molecule has 0 aliphatic carbocycles. The van der Waals surface area contributed by atoms with Gasteiger partial charge in [-0.1, -0.05) is 0 Å². The summed E-state index contributed by atoms with van der Waals surface area (Å²) >= 11 is 0. The summed E-state index contributed by atoms with van der Waals surface area (Å²) in [5, 5.41) is 14.7. The largest absolute Gasteiger partial charge is 0.356 e. The number of hydrogen-bond donors (Lipinski definition) is 2. The SMILES string of the molecule is CCNC(=O)NCC1CCN(c2ncccc2C#N)CC1. The number of hydrogen-bond acceptors (Lipinski definition) is 4. The van der Waals surface area contributed by atoms with Crippen LogP contribution in [0.1, 0.15) is 25.3 Å². The van der Waals surface area contributed by atoms with Crippen LogP contribution in [0.25, 0.3) is 0 Å². The molecule has 1 aromatic rings. The van der Waals surface area contributed by atoms with Gasteiger partial charge in [0.05, 0.1) is 5.56 Å². The van der Waals surface area contributed by atoms with E-state index in [2.05, 4.69) is 26.6 Å². The molecule has 112 valence electrons. The molecule has 1 aliphatic heterocycles. The minimum atomic E-state index is -0.101. The number of urea groups is 1. The van der Waals surface area contributed by atoms with Crippen molar-refractivity contribution in [2.45, 2.75) is 19.8 Å². The monoisotopic (exact) mass is 287 g/mol. The molecule has 0 radical (unpaired) electrons. The molecule has 2 heterocycles. The quantitative estimate of drug-likeness (QED) is 0.879. The third kappa shape index (κ3) is 4.09. The molecule has 0 atom stereocenters. The molecule has 0 aromatic carbocycles. The number of nitrogens with one attached hydrogen (secondary N) is 2. The Bertz CT molecular complexity index is 517. The van der Waals surface area contributed by atoms with Gasteiger partial charge in [0.1, 0.15) is 11.9 Å². The van der Waals surface area contributed by atoms with Crippen molar-refractivity contribution in [2.24, 2.45) is 5.92 Å². The molecule has 0 bridgehead atoms. The Morgan fingerprint density at radius 3 is 2.90 bits per heavy atom. The van der Waals surface area contributed by atoms with Gasteiger partial charge in [-0.2, -0.15) is 5.26 Å². The van der Waals surface area contributed by atoms with Crippen molar-refractivity contribution in [2.75, 3.05) is 31.1 Å². The van der Waals surface area contributed by atoms with Crippen molar-refractivity contribution in [1.82, 2.24) is 15.6 Å². The molecule has 2 N–H and O–H groups in total. The Morgan fingerprint density at radius 2 is 2.24 bits per heavy atom. The lowest BCUT2D eigenvalue weighted by atomic mass is 9.96. The van der Waals surface area contributed by atoms with Crippen LogP contribution in [0.15, 0.2) is 18.3 Å². The Labute approximate surface area is 125 Å². The number of nitriles is 1. The Morgan fingerprint density at radius 1 is 1.48 bits per heavy atom. The number of piperidine rings is 1. The number of pyridine rings is 1. The van der Waals surface area contributed by atoms with Gasteiger partial charge in [0, 0.05) is 32.4 Å². The van der Waals surface area contributed by atoms with Gasteiger partial charge in [0.2, 0.25) is 0 Å². The molecule has 6 heteroatoms. The van der Waals surface area contributed by atoms with Crippen molar-refractivity contribution in [3.8, 4) is 6.07 Å². The van der Waals surface area contributed by atoms with Gasteiger partial charge in [0.25, 0.3) is 0 Å². The van der Waals surface area contributed by atoms with Crippen molar-refractivity contribution in [3.63, 3.8) is 0 Å². The van der Waals surface area contributed by atoms with Gasteiger partial charge in [-0.15, -0.1) is 0 Å². The van der Waals surface area contributed by atoms with Gasteiger partial charge in [-0.25, -0.2) is 9.78 Å². The third-order valence-corrected chi connectivity index (χ3v) is 3.71. The first kappa shape index (κ1) is 15.1. The zero-order valence-electron chi connectivity index (χ0n) is 12.3. The number of anilines is 1. The average molecular weight is 287 g/mol. The first-order valence-electron chi connectivity index (χ1n) is 7.36. The maximum atomic E-state index is 11.4. The lowest BCUT2D eigenvalue weighted by Crippen LogP contribution is -2.42. The minimum absolute atomic E-state index is 0.101. The van der Waals surface area contributed by atoms with Crippen LogP contribution >= 0.6 is 0 Å². The third-order valence-electron chi connectivity index (χ3n) is 3.71. The van der Waals surface area contributed by atoms with E-state index in [1.54, 1.807) is 18.3 Å². The Hall–Kier alpha value is -2.29. The van der Waals surface area contributed by atoms with E-state index in [9.17, 15) is 4.79 Å². The van der Waals surface area contributed by atoms with Crippen LogP contribution in [0.2, 0.25) is 0 Å². The standard InChI is InChI=1S/C15H21N5O/c1-2-17-15(21)19-11-12-5-8-20(9-6-12)14-13(10-16)4-3-7-18-14/h3-4,7,12H,2,5-6,8-9,11H2,1H3,(H2,17,19,21). The zero-order valence-corrected chi connectivity index (χ0v) is 12.3. The van der Waals surface area contributed by atoms with Crippen LogP contribution in [0.4, 0.5) is 10.6 Å². The predicted octanol–water partition coefficient (Wildman–Crippen LogP) is 1.49. The van der Waals surface area contributed by atoms with E-state index >= 15 is 0 Å². The maximum Gasteiger partial charge on any atom is 0.314 e. The smallest absolute Gasteiger partial charge is 0.314 e. The highest BCUT2D eigenvalue weighted by atomic mass is 16.2. The van der Waals surface area contributed by atoms with Crippen LogP contribution in [-0.2, 0) is 0 Å². The minimum Gasteiger partial charge on any atom is -0.356 e. The normalized spacial score (nSPS) is 15.3. The summed E-state index contributed by atoms with van der Waals surface area (Å²) in [5.74, 6) is 1.26. The van der Waals surface area contributed by atoms with Gasteiger partial charge in [0.15, 0.2) is 0 Å². The molecule has 0 saturated carbocycles. The molecule has 1 saturated heterocycles. The topological polar surface area (TPSA) is 81.1 Å². The summed E-state index contributed by atoms with van der Waals surface area (Å²) in [5.41, 5.74) is 0.622. The maximum absolute atomic E-state index is 11.4. The van der Waals surface area contributed by atoms with E-state index in [4.69, 9.17) is 5.26 Å². The summed E-state index contributed by atoms with van der Waals surface area (Å²) < 4.78 is 0. The molecular formula is C15H21N5O. The molecule has 1 aromatic heterocycles. The Kier molecular flexibility index (Phi) is 5.38. The highest BCUT2D eigenvalue weighted by Gasteiger charge is 2.22. The second-order valence-electron chi connectivity index (χ2n) is 5.16. The van der Waals surface area contributed by atoms with Crippen molar-refractivity contribution < 1.29 is 4.79 Å². The molecule has 0 unspecified atom stereocenters. The van der Waals surface area contributed by atoms with Crippen LogP contribution in [0.5, 0.6) is 0 Å². The number of aromatic nitrogens is 1. The van der Waals surface area contributed by atoms with E-state index < -0.39 is 0 Å². The predicted molar refractivity (Wildman–Crippen MR) is 81.0 cm³/mol. The molecule has 21 heavy (non-hydrogen) atoms. The molecule has 2 amide bonds. The second kappa shape index (κ2) is 7.48. The summed E-state index contributed by atoms with van der Waals surface area (Å²) in [6.45, 7) is 4.98. The highest BCUT2D eigenvalue weighted by molar-refractivity contribution is 5.73. The summed E-state index contributed by atoms with van der Waals surface area (Å²) in [4.78, 5) is 17.9. The van der Waals surface area contributed by atoms with Crippen LogP contribution in [-0.4, -0.2) is 37.2 Å². The lowest BCUT2D eigenvalue weighted by Gasteiger charge is -2.33. The van der Waals surface area contributed by atoms with Gasteiger partial charge < -0.3 is 15.5 Å². The van der Waals surface area contributed by atoms with Gasteiger partial charge in [-0.3, -0.25) is 0 Å². The van der Waals surface area contributed by atoms with Crippen molar-refractivity contribution in [3.05, 3.63) is 23.9 Å². The average Bonchev–Trinajstić information content (AvgIpc) is 2.54. The fraction of sp³-hybridized carbons (Fsp3) is 0.533. The van der Waals surface area contributed by atoms with E-state index in [-0.39, 0.29) is 6.03 Å². The number of carbonyl (C=O) groups is 1. The molecule has 0 spiro atoms. The molecule has 1 aliphatic rings. The van der Waals surface area contributed by atoms with E-state index in [0.29, 0.717) is 24.6 Å². The van der Waals surface area contributed by atoms with E-state index in [0.717, 1.165) is 31.7 Å². The summed E-state index contributed by atoms with van der Waals surface area (Å²) in [6, 6.07) is 5.67.